The molecule has 18 heavy (non-hydrogen) atoms. The van der Waals surface area contributed by atoms with E-state index in [2.05, 4.69) is 19.1 Å². The van der Waals surface area contributed by atoms with Crippen molar-refractivity contribution in [2.75, 3.05) is 6.61 Å². The molecule has 0 heterocycles. The lowest BCUT2D eigenvalue weighted by atomic mass is 10.2. The molecule has 100 valence electrons. The minimum atomic E-state index is -0.328. The fourth-order valence-electron chi connectivity index (χ4n) is 1.66. The third kappa shape index (κ3) is 4.88. The van der Waals surface area contributed by atoms with E-state index in [1.54, 1.807) is 18.2 Å². The Morgan fingerprint density at radius 1 is 1.28 bits per heavy atom. The van der Waals surface area contributed by atoms with Crippen LogP contribution in [-0.4, -0.2) is 6.61 Å². The predicted octanol–water partition coefficient (Wildman–Crippen LogP) is 3.80. The number of allylic oxidation sites excluding steroid dienone is 2. The molecule has 0 saturated carbocycles. The molecule has 0 radical (unpaired) electrons. The van der Waals surface area contributed by atoms with Crippen LogP contribution in [0.4, 0.5) is 4.39 Å². The first-order valence-corrected chi connectivity index (χ1v) is 6.54. The molecular weight excluding hydrogens is 229 g/mol. The summed E-state index contributed by atoms with van der Waals surface area (Å²) in [5.41, 5.74) is 5.94. The lowest BCUT2D eigenvalue weighted by Crippen LogP contribution is -2.04. The van der Waals surface area contributed by atoms with Crippen molar-refractivity contribution >= 4 is 0 Å². The standard InChI is InChI=1S/C15H22FNO/c1-2-3-4-5-6-7-11-18-14-10-8-9-13(12-17)15(14)16/h3-4,8-10H,2,5-7,11-12,17H2,1H3. The van der Waals surface area contributed by atoms with Gasteiger partial charge in [-0.15, -0.1) is 0 Å². The SMILES string of the molecule is CCC=CCCCCOc1cccc(CN)c1F. The molecule has 0 fully saturated rings. The monoisotopic (exact) mass is 251 g/mol. The Labute approximate surface area is 109 Å². The summed E-state index contributed by atoms with van der Waals surface area (Å²) in [7, 11) is 0. The molecule has 0 aliphatic carbocycles. The normalized spacial score (nSPS) is 11.1. The Kier molecular flexibility index (Phi) is 7.11. The molecule has 0 aliphatic heterocycles. The summed E-state index contributed by atoms with van der Waals surface area (Å²) in [5.74, 6) is -0.0204. The van der Waals surface area contributed by atoms with Crippen molar-refractivity contribution in [2.24, 2.45) is 5.73 Å². The molecule has 0 spiro atoms. The van der Waals surface area contributed by atoms with E-state index in [0.29, 0.717) is 17.9 Å². The van der Waals surface area contributed by atoms with Gasteiger partial charge < -0.3 is 10.5 Å². The van der Waals surface area contributed by atoms with E-state index in [1.807, 2.05) is 0 Å². The van der Waals surface area contributed by atoms with Gasteiger partial charge in [0.25, 0.3) is 0 Å². The van der Waals surface area contributed by atoms with Crippen LogP contribution in [0, 0.1) is 5.82 Å². The molecule has 0 unspecified atom stereocenters. The van der Waals surface area contributed by atoms with Crippen molar-refractivity contribution in [3.8, 4) is 5.75 Å². The zero-order chi connectivity index (χ0) is 13.2. The highest BCUT2D eigenvalue weighted by molar-refractivity contribution is 5.30. The zero-order valence-electron chi connectivity index (χ0n) is 11.0. The highest BCUT2D eigenvalue weighted by atomic mass is 19.1. The number of ether oxygens (including phenoxy) is 1. The number of benzene rings is 1. The van der Waals surface area contributed by atoms with Crippen LogP contribution in [0.15, 0.2) is 30.4 Å². The highest BCUT2D eigenvalue weighted by Crippen LogP contribution is 2.20. The van der Waals surface area contributed by atoms with Crippen LogP contribution in [0.5, 0.6) is 5.75 Å². The maximum atomic E-state index is 13.7. The molecule has 0 aliphatic rings. The third-order valence-corrected chi connectivity index (χ3v) is 2.69. The Morgan fingerprint density at radius 2 is 2.11 bits per heavy atom. The van der Waals surface area contributed by atoms with Gasteiger partial charge in [0.2, 0.25) is 0 Å². The number of hydrogen-bond acceptors (Lipinski definition) is 2. The molecule has 0 saturated heterocycles. The molecule has 0 bridgehead atoms. The second-order valence-corrected chi connectivity index (χ2v) is 4.16. The number of halogens is 1. The second-order valence-electron chi connectivity index (χ2n) is 4.16. The molecule has 1 rings (SSSR count). The topological polar surface area (TPSA) is 35.2 Å². The van der Waals surface area contributed by atoms with Crippen molar-refractivity contribution in [2.45, 2.75) is 39.2 Å². The number of unbranched alkanes of at least 4 members (excludes halogenated alkanes) is 2. The van der Waals surface area contributed by atoms with Gasteiger partial charge >= 0.3 is 0 Å². The largest absolute Gasteiger partial charge is 0.491 e. The maximum Gasteiger partial charge on any atom is 0.169 e. The smallest absolute Gasteiger partial charge is 0.169 e. The minimum Gasteiger partial charge on any atom is -0.491 e. The van der Waals surface area contributed by atoms with Crippen molar-refractivity contribution < 1.29 is 9.13 Å². The van der Waals surface area contributed by atoms with Crippen molar-refractivity contribution in [3.63, 3.8) is 0 Å². The van der Waals surface area contributed by atoms with Crippen molar-refractivity contribution in [3.05, 3.63) is 41.7 Å². The van der Waals surface area contributed by atoms with Gasteiger partial charge in [0, 0.05) is 12.1 Å². The molecule has 1 aromatic carbocycles. The van der Waals surface area contributed by atoms with Crippen LogP contribution in [0.2, 0.25) is 0 Å². The zero-order valence-corrected chi connectivity index (χ0v) is 11.0. The second kappa shape index (κ2) is 8.70. The van der Waals surface area contributed by atoms with Crippen LogP contribution in [0.1, 0.15) is 38.2 Å². The van der Waals surface area contributed by atoms with Gasteiger partial charge in [-0.3, -0.25) is 0 Å². The van der Waals surface area contributed by atoms with Crippen LogP contribution in [0.25, 0.3) is 0 Å². The summed E-state index contributed by atoms with van der Waals surface area (Å²) in [4.78, 5) is 0. The van der Waals surface area contributed by atoms with E-state index in [4.69, 9.17) is 10.5 Å². The Balaban J connectivity index is 2.29. The van der Waals surface area contributed by atoms with E-state index >= 15 is 0 Å². The van der Waals surface area contributed by atoms with Crippen LogP contribution in [0.3, 0.4) is 0 Å². The van der Waals surface area contributed by atoms with Crippen LogP contribution >= 0.6 is 0 Å². The summed E-state index contributed by atoms with van der Waals surface area (Å²) in [6.07, 6.45) is 8.46. The summed E-state index contributed by atoms with van der Waals surface area (Å²) in [6, 6.07) is 5.09. The van der Waals surface area contributed by atoms with Gasteiger partial charge in [-0.25, -0.2) is 4.39 Å². The number of rotatable bonds is 8. The molecule has 0 aromatic heterocycles. The molecule has 2 N–H and O–H groups in total. The van der Waals surface area contributed by atoms with E-state index in [9.17, 15) is 4.39 Å². The molecule has 0 amide bonds. The van der Waals surface area contributed by atoms with E-state index in [0.717, 1.165) is 25.7 Å². The van der Waals surface area contributed by atoms with Crippen molar-refractivity contribution in [1.29, 1.82) is 0 Å². The summed E-state index contributed by atoms with van der Waals surface area (Å²) < 4.78 is 19.2. The van der Waals surface area contributed by atoms with Gasteiger partial charge in [-0.1, -0.05) is 31.2 Å². The summed E-state index contributed by atoms with van der Waals surface area (Å²) in [5, 5.41) is 0. The van der Waals surface area contributed by atoms with Gasteiger partial charge in [0.15, 0.2) is 11.6 Å². The van der Waals surface area contributed by atoms with Gasteiger partial charge in [-0.2, -0.15) is 0 Å². The Hall–Kier alpha value is -1.35. The fraction of sp³-hybridized carbons (Fsp3) is 0.467. The highest BCUT2D eigenvalue weighted by Gasteiger charge is 2.07. The van der Waals surface area contributed by atoms with Crippen LogP contribution in [-0.2, 0) is 6.54 Å². The third-order valence-electron chi connectivity index (χ3n) is 2.69. The van der Waals surface area contributed by atoms with Gasteiger partial charge in [-0.05, 0) is 31.7 Å². The lowest BCUT2D eigenvalue weighted by Gasteiger charge is -2.08. The van der Waals surface area contributed by atoms with E-state index in [1.165, 1.54) is 0 Å². The fourth-order valence-corrected chi connectivity index (χ4v) is 1.66. The summed E-state index contributed by atoms with van der Waals surface area (Å²) >= 11 is 0. The minimum absolute atomic E-state index is 0.199. The Morgan fingerprint density at radius 3 is 2.83 bits per heavy atom. The molecule has 0 atom stereocenters. The maximum absolute atomic E-state index is 13.7. The lowest BCUT2D eigenvalue weighted by molar-refractivity contribution is 0.291. The molecular formula is C15H22FNO. The number of nitrogens with two attached hydrogens (primary N) is 1. The first-order chi connectivity index (χ1) is 8.79. The summed E-state index contributed by atoms with van der Waals surface area (Å²) in [6.45, 7) is 2.86. The first-order valence-electron chi connectivity index (χ1n) is 6.54. The van der Waals surface area contributed by atoms with Crippen LogP contribution < -0.4 is 10.5 Å². The molecule has 3 heteroatoms. The van der Waals surface area contributed by atoms with E-state index < -0.39 is 0 Å². The van der Waals surface area contributed by atoms with Crippen molar-refractivity contribution in [1.82, 2.24) is 0 Å². The average molecular weight is 251 g/mol. The van der Waals surface area contributed by atoms with Gasteiger partial charge in [0.1, 0.15) is 0 Å². The van der Waals surface area contributed by atoms with E-state index in [-0.39, 0.29) is 12.4 Å². The quantitative estimate of drug-likeness (QED) is 0.563. The predicted molar refractivity (Wildman–Crippen MR) is 73.1 cm³/mol. The average Bonchev–Trinajstić information content (AvgIpc) is 2.39. The number of hydrogen-bond donors (Lipinski definition) is 1. The molecule has 1 aromatic rings. The first kappa shape index (κ1) is 14.7. The Bertz CT molecular complexity index is 377. The van der Waals surface area contributed by atoms with Gasteiger partial charge in [0.05, 0.1) is 6.61 Å². The molecule has 2 nitrogen and oxygen atoms in total.